The molecule has 4 heteroatoms. The van der Waals surface area contributed by atoms with Gasteiger partial charge in [0.25, 0.3) is 0 Å². The average molecular weight is 324 g/mol. The molecule has 1 aromatic rings. The SMILES string of the molecule is CC1(C)CCC(c2ccc(C(N)CCC(=O)O)cc2Cl)CC1. The van der Waals surface area contributed by atoms with Gasteiger partial charge in [-0.3, -0.25) is 4.79 Å². The van der Waals surface area contributed by atoms with E-state index in [1.807, 2.05) is 12.1 Å². The van der Waals surface area contributed by atoms with Crippen LogP contribution >= 0.6 is 11.6 Å². The zero-order valence-corrected chi connectivity index (χ0v) is 14.2. The first-order valence-corrected chi connectivity index (χ1v) is 8.43. The fourth-order valence-electron chi connectivity index (χ4n) is 3.26. The molecule has 1 unspecified atom stereocenters. The molecule has 3 nitrogen and oxygen atoms in total. The number of benzene rings is 1. The van der Waals surface area contributed by atoms with Crippen molar-refractivity contribution in [3.05, 3.63) is 34.3 Å². The number of hydrogen-bond acceptors (Lipinski definition) is 2. The topological polar surface area (TPSA) is 63.3 Å². The second-order valence-corrected chi connectivity index (χ2v) is 7.67. The number of rotatable bonds is 5. The van der Waals surface area contributed by atoms with Crippen LogP contribution < -0.4 is 5.73 Å². The van der Waals surface area contributed by atoms with Crippen LogP contribution in [0.5, 0.6) is 0 Å². The molecular weight excluding hydrogens is 298 g/mol. The van der Waals surface area contributed by atoms with Crippen LogP contribution in [0.4, 0.5) is 0 Å². The number of carboxylic acid groups (broad SMARTS) is 1. The highest BCUT2D eigenvalue weighted by molar-refractivity contribution is 6.31. The molecule has 0 amide bonds. The van der Waals surface area contributed by atoms with E-state index in [1.165, 1.54) is 31.2 Å². The third-order valence-electron chi connectivity index (χ3n) is 4.90. The molecule has 1 atom stereocenters. The molecule has 3 N–H and O–H groups in total. The van der Waals surface area contributed by atoms with E-state index in [2.05, 4.69) is 19.9 Å². The van der Waals surface area contributed by atoms with Crippen LogP contribution in [0, 0.1) is 5.41 Å². The smallest absolute Gasteiger partial charge is 0.303 e. The molecule has 1 saturated carbocycles. The predicted molar refractivity (Wildman–Crippen MR) is 90.2 cm³/mol. The van der Waals surface area contributed by atoms with Gasteiger partial charge < -0.3 is 10.8 Å². The Bertz CT molecular complexity index is 532. The lowest BCUT2D eigenvalue weighted by atomic mass is 9.71. The van der Waals surface area contributed by atoms with Crippen LogP contribution in [0.2, 0.25) is 5.02 Å². The summed E-state index contributed by atoms with van der Waals surface area (Å²) in [6.07, 6.45) is 5.33. The quantitative estimate of drug-likeness (QED) is 0.811. The Kier molecular flexibility index (Phi) is 5.51. The van der Waals surface area contributed by atoms with E-state index in [-0.39, 0.29) is 12.5 Å². The van der Waals surface area contributed by atoms with Gasteiger partial charge in [-0.15, -0.1) is 0 Å². The minimum absolute atomic E-state index is 0.0816. The van der Waals surface area contributed by atoms with Gasteiger partial charge >= 0.3 is 5.97 Å². The largest absolute Gasteiger partial charge is 0.481 e. The summed E-state index contributed by atoms with van der Waals surface area (Å²) in [5.41, 5.74) is 8.64. The van der Waals surface area contributed by atoms with E-state index < -0.39 is 5.97 Å². The van der Waals surface area contributed by atoms with E-state index in [0.717, 1.165) is 10.6 Å². The van der Waals surface area contributed by atoms with Crippen LogP contribution in [-0.4, -0.2) is 11.1 Å². The van der Waals surface area contributed by atoms with Gasteiger partial charge in [0.1, 0.15) is 0 Å². The Morgan fingerprint density at radius 1 is 1.41 bits per heavy atom. The maximum absolute atomic E-state index is 10.6. The number of carboxylic acids is 1. The minimum atomic E-state index is -0.817. The molecule has 0 aromatic heterocycles. The third kappa shape index (κ3) is 4.47. The van der Waals surface area contributed by atoms with Gasteiger partial charge in [-0.2, -0.15) is 0 Å². The molecule has 0 spiro atoms. The molecule has 22 heavy (non-hydrogen) atoms. The van der Waals surface area contributed by atoms with Crippen molar-refractivity contribution in [2.75, 3.05) is 0 Å². The average Bonchev–Trinajstić information content (AvgIpc) is 2.45. The van der Waals surface area contributed by atoms with Gasteiger partial charge in [0.05, 0.1) is 0 Å². The van der Waals surface area contributed by atoms with Crippen LogP contribution in [0.25, 0.3) is 0 Å². The van der Waals surface area contributed by atoms with E-state index in [0.29, 0.717) is 17.8 Å². The minimum Gasteiger partial charge on any atom is -0.481 e. The highest BCUT2D eigenvalue weighted by Gasteiger charge is 2.28. The van der Waals surface area contributed by atoms with Crippen molar-refractivity contribution in [2.45, 2.75) is 64.3 Å². The van der Waals surface area contributed by atoms with Gasteiger partial charge in [-0.05, 0) is 60.6 Å². The number of nitrogens with two attached hydrogens (primary N) is 1. The van der Waals surface area contributed by atoms with Crippen molar-refractivity contribution in [1.82, 2.24) is 0 Å². The Morgan fingerprint density at radius 2 is 2.05 bits per heavy atom. The number of aliphatic carboxylic acids is 1. The Hall–Kier alpha value is -1.06. The Balaban J connectivity index is 2.05. The predicted octanol–water partition coefficient (Wildman–Crippen LogP) is 4.89. The molecule has 2 rings (SSSR count). The van der Waals surface area contributed by atoms with Crippen LogP contribution in [0.3, 0.4) is 0 Å². The summed E-state index contributed by atoms with van der Waals surface area (Å²) >= 11 is 6.47. The molecule has 0 saturated heterocycles. The van der Waals surface area contributed by atoms with Crippen molar-refractivity contribution in [3.8, 4) is 0 Å². The second-order valence-electron chi connectivity index (χ2n) is 7.26. The molecule has 1 aliphatic carbocycles. The number of carbonyl (C=O) groups is 1. The molecule has 0 heterocycles. The summed E-state index contributed by atoms with van der Waals surface area (Å²) in [6.45, 7) is 4.66. The Labute approximate surface area is 137 Å². The van der Waals surface area contributed by atoms with Crippen LogP contribution in [-0.2, 0) is 4.79 Å². The summed E-state index contributed by atoms with van der Waals surface area (Å²) in [6, 6.07) is 5.74. The van der Waals surface area contributed by atoms with Crippen molar-refractivity contribution in [2.24, 2.45) is 11.1 Å². The summed E-state index contributed by atoms with van der Waals surface area (Å²) in [5.74, 6) is -0.284. The zero-order valence-electron chi connectivity index (χ0n) is 13.4. The van der Waals surface area contributed by atoms with Crippen molar-refractivity contribution in [3.63, 3.8) is 0 Å². The van der Waals surface area contributed by atoms with Gasteiger partial charge in [-0.1, -0.05) is 37.6 Å². The highest BCUT2D eigenvalue weighted by atomic mass is 35.5. The molecule has 0 radical (unpaired) electrons. The molecule has 1 fully saturated rings. The maximum Gasteiger partial charge on any atom is 0.303 e. The van der Waals surface area contributed by atoms with Gasteiger partial charge in [-0.25, -0.2) is 0 Å². The van der Waals surface area contributed by atoms with Crippen LogP contribution in [0.15, 0.2) is 18.2 Å². The van der Waals surface area contributed by atoms with Gasteiger partial charge in [0.2, 0.25) is 0 Å². The molecule has 1 aliphatic rings. The second kappa shape index (κ2) is 7.01. The summed E-state index contributed by atoms with van der Waals surface area (Å²) in [7, 11) is 0. The lowest BCUT2D eigenvalue weighted by Gasteiger charge is -2.35. The number of hydrogen-bond donors (Lipinski definition) is 2. The molecule has 122 valence electrons. The van der Waals surface area contributed by atoms with Crippen LogP contribution in [0.1, 0.15) is 75.5 Å². The highest BCUT2D eigenvalue weighted by Crippen LogP contribution is 2.44. The summed E-state index contributed by atoms with van der Waals surface area (Å²) < 4.78 is 0. The third-order valence-corrected chi connectivity index (χ3v) is 5.23. The monoisotopic (exact) mass is 323 g/mol. The fourth-order valence-corrected chi connectivity index (χ4v) is 3.60. The van der Waals surface area contributed by atoms with E-state index in [9.17, 15) is 4.79 Å². The molecule has 1 aromatic carbocycles. The first-order chi connectivity index (χ1) is 10.3. The first-order valence-electron chi connectivity index (χ1n) is 8.05. The zero-order chi connectivity index (χ0) is 16.3. The van der Waals surface area contributed by atoms with E-state index in [4.69, 9.17) is 22.4 Å². The first kappa shape index (κ1) is 17.3. The lowest BCUT2D eigenvalue weighted by molar-refractivity contribution is -0.137. The number of halogens is 1. The lowest BCUT2D eigenvalue weighted by Crippen LogP contribution is -2.20. The molecule has 0 aliphatic heterocycles. The van der Waals surface area contributed by atoms with E-state index in [1.54, 1.807) is 0 Å². The van der Waals surface area contributed by atoms with E-state index >= 15 is 0 Å². The fraction of sp³-hybridized carbons (Fsp3) is 0.611. The van der Waals surface area contributed by atoms with Crippen molar-refractivity contribution >= 4 is 17.6 Å². The summed E-state index contributed by atoms with van der Waals surface area (Å²) in [4.78, 5) is 10.6. The maximum atomic E-state index is 10.6. The standard InChI is InChI=1S/C18H26ClNO2/c1-18(2)9-7-12(8-10-18)14-4-3-13(11-15(14)19)16(20)5-6-17(21)22/h3-4,11-12,16H,5-10,20H2,1-2H3,(H,21,22). The van der Waals surface area contributed by atoms with Crippen molar-refractivity contribution in [1.29, 1.82) is 0 Å². The normalized spacial score (nSPS) is 19.8. The van der Waals surface area contributed by atoms with Gasteiger partial charge in [0.15, 0.2) is 0 Å². The summed E-state index contributed by atoms with van der Waals surface area (Å²) in [5, 5.41) is 9.51. The Morgan fingerprint density at radius 3 is 2.59 bits per heavy atom. The molecular formula is C18H26ClNO2. The molecule has 0 bridgehead atoms. The van der Waals surface area contributed by atoms with Crippen molar-refractivity contribution < 1.29 is 9.90 Å². The van der Waals surface area contributed by atoms with Gasteiger partial charge in [0, 0.05) is 17.5 Å².